The van der Waals surface area contributed by atoms with Crippen molar-refractivity contribution in [3.05, 3.63) is 72.8 Å². The van der Waals surface area contributed by atoms with Gasteiger partial charge >= 0.3 is 0 Å². The second-order valence-corrected chi connectivity index (χ2v) is 9.66. The third-order valence-electron chi connectivity index (χ3n) is 6.70. The zero-order valence-corrected chi connectivity index (χ0v) is 20.7. The maximum atomic E-state index is 5.71. The van der Waals surface area contributed by atoms with Crippen LogP contribution in [0.3, 0.4) is 0 Å². The van der Waals surface area contributed by atoms with Gasteiger partial charge in [-0.15, -0.1) is 0 Å². The minimum absolute atomic E-state index is 0.520. The van der Waals surface area contributed by atoms with Crippen molar-refractivity contribution in [3.8, 4) is 28.5 Å². The minimum atomic E-state index is 0.520. The van der Waals surface area contributed by atoms with E-state index < -0.39 is 0 Å². The number of nitrogens with one attached hydrogen (secondary N) is 2. The molecule has 0 spiro atoms. The van der Waals surface area contributed by atoms with E-state index in [9.17, 15) is 0 Å². The standard InChI is InChI=1S/C29H30N6O/c1-19(2)18-36-23-8-4-20(5-9-23)28-30-24-10-6-21(16-26(24)32-28)29-31-25-11-7-22(17-27(25)33-29)35-14-12-34(3)13-15-35/h4-11,16-17H,1,12-15,18H2,2-3H3,(H,30,32)(H,31,33). The largest absolute Gasteiger partial charge is 0.489 e. The summed E-state index contributed by atoms with van der Waals surface area (Å²) in [6, 6.07) is 20.7. The normalized spacial score (nSPS) is 14.6. The van der Waals surface area contributed by atoms with Gasteiger partial charge in [0.25, 0.3) is 0 Å². The Kier molecular flexibility index (Phi) is 5.70. The van der Waals surface area contributed by atoms with Gasteiger partial charge in [-0.2, -0.15) is 0 Å². The number of hydrogen-bond donors (Lipinski definition) is 2. The van der Waals surface area contributed by atoms with Crippen molar-refractivity contribution >= 4 is 27.8 Å². The lowest BCUT2D eigenvalue weighted by Gasteiger charge is -2.34. The fraction of sp³-hybridized carbons (Fsp3) is 0.241. The molecular weight excluding hydrogens is 448 g/mol. The van der Waals surface area contributed by atoms with Gasteiger partial charge in [0.2, 0.25) is 0 Å². The highest BCUT2D eigenvalue weighted by Gasteiger charge is 2.16. The molecule has 0 amide bonds. The summed E-state index contributed by atoms with van der Waals surface area (Å²) in [5.41, 5.74) is 8.20. The van der Waals surface area contributed by atoms with Gasteiger partial charge in [-0.1, -0.05) is 6.58 Å². The van der Waals surface area contributed by atoms with Crippen LogP contribution >= 0.6 is 0 Å². The van der Waals surface area contributed by atoms with Gasteiger partial charge in [0.1, 0.15) is 24.0 Å². The summed E-state index contributed by atoms with van der Waals surface area (Å²) >= 11 is 0. The van der Waals surface area contributed by atoms with Crippen LogP contribution in [0.15, 0.2) is 72.8 Å². The van der Waals surface area contributed by atoms with Gasteiger partial charge in [0.15, 0.2) is 0 Å². The summed E-state index contributed by atoms with van der Waals surface area (Å²) in [7, 11) is 2.18. The predicted octanol–water partition coefficient (Wildman–Crippen LogP) is 5.48. The van der Waals surface area contributed by atoms with E-state index in [0.29, 0.717) is 6.61 Å². The number of aromatic nitrogens is 4. The van der Waals surface area contributed by atoms with E-state index in [1.807, 2.05) is 37.3 Å². The van der Waals surface area contributed by atoms with Crippen molar-refractivity contribution in [1.29, 1.82) is 0 Å². The summed E-state index contributed by atoms with van der Waals surface area (Å²) in [4.78, 5) is 21.4. The van der Waals surface area contributed by atoms with Crippen molar-refractivity contribution < 1.29 is 4.74 Å². The van der Waals surface area contributed by atoms with Gasteiger partial charge in [-0.05, 0) is 80.2 Å². The van der Waals surface area contributed by atoms with Gasteiger partial charge in [-0.3, -0.25) is 0 Å². The van der Waals surface area contributed by atoms with Gasteiger partial charge in [0, 0.05) is 43.0 Å². The second kappa shape index (κ2) is 9.17. The lowest BCUT2D eigenvalue weighted by atomic mass is 10.2. The van der Waals surface area contributed by atoms with Crippen LogP contribution in [-0.4, -0.2) is 64.7 Å². The average Bonchev–Trinajstić information content (AvgIpc) is 3.51. The van der Waals surface area contributed by atoms with Crippen LogP contribution in [-0.2, 0) is 0 Å². The Morgan fingerprint density at radius 1 is 0.833 bits per heavy atom. The molecule has 1 aliphatic heterocycles. The second-order valence-electron chi connectivity index (χ2n) is 9.66. The van der Waals surface area contributed by atoms with Gasteiger partial charge in [0.05, 0.1) is 22.1 Å². The maximum absolute atomic E-state index is 5.71. The van der Waals surface area contributed by atoms with Crippen molar-refractivity contribution in [2.75, 3.05) is 44.7 Å². The summed E-state index contributed by atoms with van der Waals surface area (Å²) in [6.45, 7) is 10.6. The molecule has 2 aromatic heterocycles. The van der Waals surface area contributed by atoms with Crippen LogP contribution in [0.2, 0.25) is 0 Å². The molecule has 0 aliphatic carbocycles. The number of H-pyrrole nitrogens is 2. The zero-order valence-electron chi connectivity index (χ0n) is 20.7. The monoisotopic (exact) mass is 478 g/mol. The van der Waals surface area contributed by atoms with Crippen LogP contribution in [0.25, 0.3) is 44.8 Å². The number of piperazine rings is 1. The average molecular weight is 479 g/mol. The summed E-state index contributed by atoms with van der Waals surface area (Å²) < 4.78 is 5.71. The Morgan fingerprint density at radius 2 is 1.44 bits per heavy atom. The molecule has 0 unspecified atom stereocenters. The number of benzene rings is 3. The van der Waals surface area contributed by atoms with E-state index in [0.717, 1.165) is 82.3 Å². The SMILES string of the molecule is C=C(C)COc1ccc(-c2nc3ccc(-c4nc5ccc(N6CCN(C)CC6)cc5[nH]4)cc3[nH]2)cc1. The molecule has 3 heterocycles. The number of nitrogens with zero attached hydrogens (tertiary/aromatic N) is 4. The third kappa shape index (κ3) is 4.45. The van der Waals surface area contributed by atoms with E-state index in [4.69, 9.17) is 14.7 Å². The van der Waals surface area contributed by atoms with Crippen LogP contribution in [0.4, 0.5) is 5.69 Å². The highest BCUT2D eigenvalue weighted by molar-refractivity contribution is 5.87. The van der Waals surface area contributed by atoms with Crippen molar-refractivity contribution in [1.82, 2.24) is 24.8 Å². The Morgan fingerprint density at radius 3 is 2.14 bits per heavy atom. The molecule has 0 saturated carbocycles. The molecule has 0 atom stereocenters. The minimum Gasteiger partial charge on any atom is -0.489 e. The highest BCUT2D eigenvalue weighted by Crippen LogP contribution is 2.28. The lowest BCUT2D eigenvalue weighted by Crippen LogP contribution is -2.44. The zero-order chi connectivity index (χ0) is 24.6. The Hall–Kier alpha value is -4.10. The first kappa shape index (κ1) is 22.4. The maximum Gasteiger partial charge on any atom is 0.138 e. The molecular formula is C29H30N6O. The Labute approximate surface area is 210 Å². The van der Waals surface area contributed by atoms with Gasteiger partial charge in [-0.25, -0.2) is 9.97 Å². The quantitative estimate of drug-likeness (QED) is 0.316. The number of aromatic amines is 2. The molecule has 182 valence electrons. The number of fused-ring (bicyclic) bond motifs is 2. The van der Waals surface area contributed by atoms with Crippen LogP contribution in [0, 0.1) is 0 Å². The van der Waals surface area contributed by atoms with Crippen molar-refractivity contribution in [3.63, 3.8) is 0 Å². The molecule has 0 radical (unpaired) electrons. The van der Waals surface area contributed by atoms with E-state index in [1.165, 1.54) is 5.69 Å². The van der Waals surface area contributed by atoms with Crippen LogP contribution in [0.1, 0.15) is 6.92 Å². The number of likely N-dealkylation sites (N-methyl/N-ethyl adjacent to an activating group) is 1. The molecule has 6 rings (SSSR count). The molecule has 7 nitrogen and oxygen atoms in total. The summed E-state index contributed by atoms with van der Waals surface area (Å²) in [5.74, 6) is 2.51. The molecule has 2 N–H and O–H groups in total. The van der Waals surface area contributed by atoms with Crippen molar-refractivity contribution in [2.24, 2.45) is 0 Å². The Bertz CT molecular complexity index is 1540. The van der Waals surface area contributed by atoms with E-state index >= 15 is 0 Å². The number of hydrogen-bond acceptors (Lipinski definition) is 5. The topological polar surface area (TPSA) is 73.1 Å². The number of ether oxygens (including phenoxy) is 1. The Balaban J connectivity index is 1.25. The molecule has 1 fully saturated rings. The fourth-order valence-corrected chi connectivity index (χ4v) is 4.60. The number of anilines is 1. The predicted molar refractivity (Wildman–Crippen MR) is 147 cm³/mol. The van der Waals surface area contributed by atoms with Crippen LogP contribution in [0.5, 0.6) is 5.75 Å². The molecule has 0 bridgehead atoms. The molecule has 36 heavy (non-hydrogen) atoms. The van der Waals surface area contributed by atoms with Crippen LogP contribution < -0.4 is 9.64 Å². The van der Waals surface area contributed by atoms with E-state index in [2.05, 4.69) is 63.7 Å². The molecule has 1 saturated heterocycles. The van der Waals surface area contributed by atoms with Gasteiger partial charge < -0.3 is 24.5 Å². The first-order valence-corrected chi connectivity index (χ1v) is 12.3. The fourth-order valence-electron chi connectivity index (χ4n) is 4.60. The first-order valence-electron chi connectivity index (χ1n) is 12.3. The molecule has 1 aliphatic rings. The summed E-state index contributed by atoms with van der Waals surface area (Å²) in [6.07, 6.45) is 0. The van der Waals surface area contributed by atoms with E-state index in [1.54, 1.807) is 0 Å². The van der Waals surface area contributed by atoms with Crippen molar-refractivity contribution in [2.45, 2.75) is 6.92 Å². The molecule has 3 aromatic carbocycles. The number of rotatable bonds is 6. The number of imidazole rings is 2. The molecule has 5 aromatic rings. The smallest absolute Gasteiger partial charge is 0.138 e. The molecule has 7 heteroatoms. The first-order chi connectivity index (χ1) is 17.5. The van der Waals surface area contributed by atoms with E-state index in [-0.39, 0.29) is 0 Å². The highest BCUT2D eigenvalue weighted by atomic mass is 16.5. The lowest BCUT2D eigenvalue weighted by molar-refractivity contribution is 0.313. The third-order valence-corrected chi connectivity index (χ3v) is 6.70. The summed E-state index contributed by atoms with van der Waals surface area (Å²) in [5, 5.41) is 0.